The first kappa shape index (κ1) is 7.10. The Morgan fingerprint density at radius 2 is 2.18 bits per heavy atom. The van der Waals surface area contributed by atoms with Gasteiger partial charge >= 0.3 is 0 Å². The molecule has 0 aromatic rings. The topological polar surface area (TPSA) is 41.1 Å². The molecule has 0 bridgehead atoms. The molecule has 0 aromatic carbocycles. The summed E-state index contributed by atoms with van der Waals surface area (Å²) >= 11 is 0. The SMILES string of the molecule is O=C1CCC(C2CCCN2)N1. The Balaban J connectivity index is 1.90. The highest BCUT2D eigenvalue weighted by atomic mass is 16.1. The van der Waals surface area contributed by atoms with Crippen molar-refractivity contribution in [3.63, 3.8) is 0 Å². The molecule has 1 amide bonds. The Bertz CT molecular complexity index is 163. The number of rotatable bonds is 1. The Labute approximate surface area is 66.5 Å². The second kappa shape index (κ2) is 2.81. The van der Waals surface area contributed by atoms with Gasteiger partial charge in [-0.25, -0.2) is 0 Å². The molecule has 2 aliphatic heterocycles. The predicted molar refractivity (Wildman–Crippen MR) is 42.2 cm³/mol. The van der Waals surface area contributed by atoms with E-state index < -0.39 is 0 Å². The van der Waals surface area contributed by atoms with Gasteiger partial charge in [0.15, 0.2) is 0 Å². The van der Waals surface area contributed by atoms with E-state index in [2.05, 4.69) is 10.6 Å². The Kier molecular flexibility index (Phi) is 1.82. The molecule has 0 aromatic heterocycles. The molecule has 2 atom stereocenters. The van der Waals surface area contributed by atoms with Gasteiger partial charge in [-0.3, -0.25) is 4.79 Å². The predicted octanol–water partition coefficient (Wildman–Crippen LogP) is 0.0170. The lowest BCUT2D eigenvalue weighted by Crippen LogP contribution is -2.42. The van der Waals surface area contributed by atoms with E-state index >= 15 is 0 Å². The van der Waals surface area contributed by atoms with Gasteiger partial charge in [-0.05, 0) is 25.8 Å². The lowest BCUT2D eigenvalue weighted by Gasteiger charge is -2.17. The highest BCUT2D eigenvalue weighted by Gasteiger charge is 2.29. The van der Waals surface area contributed by atoms with Gasteiger partial charge in [-0.15, -0.1) is 0 Å². The van der Waals surface area contributed by atoms with Gasteiger partial charge < -0.3 is 10.6 Å². The van der Waals surface area contributed by atoms with E-state index in [4.69, 9.17) is 0 Å². The number of carbonyl (C=O) groups is 1. The van der Waals surface area contributed by atoms with Crippen LogP contribution in [0.15, 0.2) is 0 Å². The smallest absolute Gasteiger partial charge is 0.220 e. The highest BCUT2D eigenvalue weighted by molar-refractivity contribution is 5.78. The van der Waals surface area contributed by atoms with Crippen molar-refractivity contribution in [3.8, 4) is 0 Å². The summed E-state index contributed by atoms with van der Waals surface area (Å²) in [5, 5.41) is 6.40. The third kappa shape index (κ3) is 1.38. The van der Waals surface area contributed by atoms with Gasteiger partial charge in [0.25, 0.3) is 0 Å². The second-order valence-electron chi connectivity index (χ2n) is 3.42. The van der Waals surface area contributed by atoms with E-state index in [1.54, 1.807) is 0 Å². The largest absolute Gasteiger partial charge is 0.352 e. The summed E-state index contributed by atoms with van der Waals surface area (Å²) in [5.74, 6) is 0.226. The zero-order valence-corrected chi connectivity index (χ0v) is 6.60. The highest BCUT2D eigenvalue weighted by Crippen LogP contribution is 2.17. The molecule has 11 heavy (non-hydrogen) atoms. The number of hydrogen-bond donors (Lipinski definition) is 2. The van der Waals surface area contributed by atoms with Crippen molar-refractivity contribution in [3.05, 3.63) is 0 Å². The van der Waals surface area contributed by atoms with Gasteiger partial charge in [0.05, 0.1) is 0 Å². The Morgan fingerprint density at radius 3 is 2.73 bits per heavy atom. The van der Waals surface area contributed by atoms with E-state index in [1.807, 2.05) is 0 Å². The van der Waals surface area contributed by atoms with Crippen LogP contribution in [-0.4, -0.2) is 24.5 Å². The molecule has 0 radical (unpaired) electrons. The maximum Gasteiger partial charge on any atom is 0.220 e. The van der Waals surface area contributed by atoms with Crippen molar-refractivity contribution in [2.45, 2.75) is 37.8 Å². The van der Waals surface area contributed by atoms with Crippen LogP contribution >= 0.6 is 0 Å². The van der Waals surface area contributed by atoms with Crippen molar-refractivity contribution < 1.29 is 4.79 Å². The molecule has 2 unspecified atom stereocenters. The van der Waals surface area contributed by atoms with Gasteiger partial charge in [0.2, 0.25) is 5.91 Å². The first-order chi connectivity index (χ1) is 5.36. The molecule has 0 saturated carbocycles. The molecular weight excluding hydrogens is 140 g/mol. The van der Waals surface area contributed by atoms with Gasteiger partial charge in [-0.2, -0.15) is 0 Å². The van der Waals surface area contributed by atoms with Crippen LogP contribution in [0, 0.1) is 0 Å². The number of carbonyl (C=O) groups excluding carboxylic acids is 1. The normalized spacial score (nSPS) is 37.6. The van der Waals surface area contributed by atoms with Crippen LogP contribution in [0.1, 0.15) is 25.7 Å². The molecule has 3 heteroatoms. The lowest BCUT2D eigenvalue weighted by atomic mass is 10.1. The molecule has 0 aliphatic carbocycles. The Hall–Kier alpha value is -0.570. The van der Waals surface area contributed by atoms with Crippen LogP contribution in [0.5, 0.6) is 0 Å². The van der Waals surface area contributed by atoms with Crippen molar-refractivity contribution in [2.24, 2.45) is 0 Å². The Morgan fingerprint density at radius 1 is 1.27 bits per heavy atom. The first-order valence-electron chi connectivity index (χ1n) is 4.39. The maximum absolute atomic E-state index is 10.9. The summed E-state index contributed by atoms with van der Waals surface area (Å²) in [5.41, 5.74) is 0. The molecule has 2 heterocycles. The molecule has 3 nitrogen and oxygen atoms in total. The minimum Gasteiger partial charge on any atom is -0.352 e. The number of amides is 1. The van der Waals surface area contributed by atoms with Crippen LogP contribution in [-0.2, 0) is 4.79 Å². The summed E-state index contributed by atoms with van der Waals surface area (Å²) in [6, 6.07) is 0.978. The van der Waals surface area contributed by atoms with E-state index in [-0.39, 0.29) is 5.91 Å². The van der Waals surface area contributed by atoms with Crippen molar-refractivity contribution in [2.75, 3.05) is 6.54 Å². The van der Waals surface area contributed by atoms with Gasteiger partial charge in [-0.1, -0.05) is 0 Å². The zero-order chi connectivity index (χ0) is 7.68. The van der Waals surface area contributed by atoms with Gasteiger partial charge in [0.1, 0.15) is 0 Å². The molecule has 2 rings (SSSR count). The number of nitrogens with one attached hydrogen (secondary N) is 2. The van der Waals surface area contributed by atoms with Crippen molar-refractivity contribution in [1.29, 1.82) is 0 Å². The standard InChI is InChI=1S/C8H14N2O/c11-8-4-3-7(10-8)6-2-1-5-9-6/h6-7,9H,1-5H2,(H,10,11). The first-order valence-corrected chi connectivity index (χ1v) is 4.39. The zero-order valence-electron chi connectivity index (χ0n) is 6.60. The van der Waals surface area contributed by atoms with Crippen molar-refractivity contribution >= 4 is 5.91 Å². The third-order valence-corrected chi connectivity index (χ3v) is 2.61. The maximum atomic E-state index is 10.9. The average molecular weight is 154 g/mol. The van der Waals surface area contributed by atoms with Crippen LogP contribution in [0.4, 0.5) is 0 Å². The monoisotopic (exact) mass is 154 g/mol. The molecule has 62 valence electrons. The average Bonchev–Trinajstić information content (AvgIpc) is 2.55. The van der Waals surface area contributed by atoms with Gasteiger partial charge in [0, 0.05) is 18.5 Å². The summed E-state index contributed by atoms with van der Waals surface area (Å²) in [6.45, 7) is 1.12. The fraction of sp³-hybridized carbons (Fsp3) is 0.875. The molecule has 2 N–H and O–H groups in total. The second-order valence-corrected chi connectivity index (χ2v) is 3.42. The van der Waals surface area contributed by atoms with Crippen molar-refractivity contribution in [1.82, 2.24) is 10.6 Å². The summed E-state index contributed by atoms with van der Waals surface area (Å²) in [7, 11) is 0. The quantitative estimate of drug-likeness (QED) is 0.559. The van der Waals surface area contributed by atoms with E-state index in [1.165, 1.54) is 12.8 Å². The van der Waals surface area contributed by atoms with Crippen LogP contribution in [0.25, 0.3) is 0 Å². The van der Waals surface area contributed by atoms with Crippen LogP contribution in [0.3, 0.4) is 0 Å². The number of hydrogen-bond acceptors (Lipinski definition) is 2. The molecule has 2 fully saturated rings. The van der Waals surface area contributed by atoms with E-state index in [9.17, 15) is 4.79 Å². The molecule has 2 saturated heterocycles. The fourth-order valence-corrected chi connectivity index (χ4v) is 1.99. The molecule has 0 spiro atoms. The van der Waals surface area contributed by atoms with Crippen LogP contribution < -0.4 is 10.6 Å². The third-order valence-electron chi connectivity index (χ3n) is 2.61. The minimum atomic E-state index is 0.226. The molecule has 2 aliphatic rings. The molecular formula is C8H14N2O. The summed E-state index contributed by atoms with van der Waals surface area (Å²) < 4.78 is 0. The fourth-order valence-electron chi connectivity index (χ4n) is 1.99. The van der Waals surface area contributed by atoms with E-state index in [0.717, 1.165) is 19.4 Å². The summed E-state index contributed by atoms with van der Waals surface area (Å²) in [4.78, 5) is 10.9. The van der Waals surface area contributed by atoms with E-state index in [0.29, 0.717) is 12.1 Å². The summed E-state index contributed by atoms with van der Waals surface area (Å²) in [6.07, 6.45) is 4.24. The minimum absolute atomic E-state index is 0.226. The lowest BCUT2D eigenvalue weighted by molar-refractivity contribution is -0.119. The van der Waals surface area contributed by atoms with Crippen LogP contribution in [0.2, 0.25) is 0 Å².